The molecule has 4 rings (SSSR count). The predicted octanol–water partition coefficient (Wildman–Crippen LogP) is 3.03. The number of pyridine rings is 1. The lowest BCUT2D eigenvalue weighted by Gasteiger charge is -2.25. The molecule has 0 radical (unpaired) electrons. The number of aliphatic hydroxyl groups excluding tert-OH is 1. The van der Waals surface area contributed by atoms with Crippen LogP contribution < -0.4 is 4.74 Å². The number of aromatic nitrogens is 2. The van der Waals surface area contributed by atoms with Gasteiger partial charge in [-0.2, -0.15) is 0 Å². The van der Waals surface area contributed by atoms with Crippen molar-refractivity contribution >= 4 is 23.1 Å². The van der Waals surface area contributed by atoms with E-state index in [1.807, 2.05) is 36.6 Å². The summed E-state index contributed by atoms with van der Waals surface area (Å²) in [5.41, 5.74) is 3.21. The molecule has 3 heterocycles. The second-order valence-corrected chi connectivity index (χ2v) is 7.69. The molecular formula is C24H25N3O5. The number of amides is 1. The van der Waals surface area contributed by atoms with E-state index in [1.54, 1.807) is 31.4 Å². The van der Waals surface area contributed by atoms with Crippen LogP contribution in [0.5, 0.6) is 5.75 Å². The van der Waals surface area contributed by atoms with Gasteiger partial charge in [-0.05, 0) is 43.2 Å². The second kappa shape index (κ2) is 8.47. The van der Waals surface area contributed by atoms with Gasteiger partial charge in [-0.1, -0.05) is 18.2 Å². The van der Waals surface area contributed by atoms with Crippen LogP contribution in [0.2, 0.25) is 0 Å². The molecule has 32 heavy (non-hydrogen) atoms. The maximum absolute atomic E-state index is 13.1. The highest BCUT2D eigenvalue weighted by Crippen LogP contribution is 2.40. The van der Waals surface area contributed by atoms with E-state index < -0.39 is 17.7 Å². The van der Waals surface area contributed by atoms with E-state index in [-0.39, 0.29) is 30.2 Å². The maximum atomic E-state index is 13.1. The Morgan fingerprint density at radius 3 is 2.62 bits per heavy atom. The third kappa shape index (κ3) is 3.42. The minimum Gasteiger partial charge on any atom is -0.505 e. The number of fused-ring (bicyclic) bond motifs is 1. The van der Waals surface area contributed by atoms with Crippen LogP contribution in [0.3, 0.4) is 0 Å². The second-order valence-electron chi connectivity index (χ2n) is 7.69. The first-order valence-corrected chi connectivity index (χ1v) is 10.2. The van der Waals surface area contributed by atoms with Crippen LogP contribution in [0.4, 0.5) is 0 Å². The molecule has 8 heteroatoms. The van der Waals surface area contributed by atoms with Crippen molar-refractivity contribution in [3.05, 3.63) is 70.7 Å². The zero-order valence-electron chi connectivity index (χ0n) is 18.5. The number of aliphatic hydroxyl groups is 1. The van der Waals surface area contributed by atoms with Crippen LogP contribution in [-0.2, 0) is 14.3 Å². The highest BCUT2D eigenvalue weighted by molar-refractivity contribution is 6.46. The van der Waals surface area contributed by atoms with Crippen molar-refractivity contribution in [2.45, 2.75) is 19.9 Å². The van der Waals surface area contributed by atoms with E-state index in [0.29, 0.717) is 22.7 Å². The Kier molecular flexibility index (Phi) is 5.71. The topological polar surface area (TPSA) is 93.4 Å². The molecule has 166 valence electrons. The molecule has 1 aliphatic heterocycles. The maximum Gasteiger partial charge on any atom is 0.295 e. The van der Waals surface area contributed by atoms with E-state index in [0.717, 1.165) is 5.56 Å². The van der Waals surface area contributed by atoms with Crippen LogP contribution in [0, 0.1) is 13.8 Å². The number of hydrogen-bond donors (Lipinski definition) is 1. The number of methoxy groups -OCH3 is 2. The van der Waals surface area contributed by atoms with Crippen LogP contribution >= 0.6 is 0 Å². The monoisotopic (exact) mass is 435 g/mol. The summed E-state index contributed by atoms with van der Waals surface area (Å²) < 4.78 is 12.3. The number of imidazole rings is 1. The average molecular weight is 435 g/mol. The summed E-state index contributed by atoms with van der Waals surface area (Å²) in [5, 5.41) is 11.3. The number of carbonyl (C=O) groups excluding carboxylic acids is 2. The number of ketones is 1. The normalized spacial score (nSPS) is 18.0. The molecule has 8 nitrogen and oxygen atoms in total. The molecular weight excluding hydrogens is 410 g/mol. The summed E-state index contributed by atoms with van der Waals surface area (Å²) in [7, 11) is 3.07. The largest absolute Gasteiger partial charge is 0.505 e. The molecule has 1 aliphatic rings. The number of rotatable bonds is 6. The van der Waals surface area contributed by atoms with Gasteiger partial charge in [0, 0.05) is 19.9 Å². The van der Waals surface area contributed by atoms with Gasteiger partial charge in [0.2, 0.25) is 0 Å². The van der Waals surface area contributed by atoms with E-state index >= 15 is 0 Å². The first-order chi connectivity index (χ1) is 15.4. The Hall–Kier alpha value is -3.65. The first-order valence-electron chi connectivity index (χ1n) is 10.2. The molecule has 0 saturated carbocycles. The van der Waals surface area contributed by atoms with Crippen LogP contribution in [0.1, 0.15) is 28.6 Å². The summed E-state index contributed by atoms with van der Waals surface area (Å²) in [4.78, 5) is 32.0. The van der Waals surface area contributed by atoms with Gasteiger partial charge in [-0.3, -0.25) is 9.59 Å². The molecule has 3 aromatic rings. The van der Waals surface area contributed by atoms with Gasteiger partial charge >= 0.3 is 0 Å². The molecule has 1 amide bonds. The van der Waals surface area contributed by atoms with Crippen LogP contribution in [0.25, 0.3) is 11.4 Å². The highest BCUT2D eigenvalue weighted by Gasteiger charge is 2.46. The van der Waals surface area contributed by atoms with E-state index in [2.05, 4.69) is 4.98 Å². The van der Waals surface area contributed by atoms with E-state index in [9.17, 15) is 14.7 Å². The minimum absolute atomic E-state index is 0.00325. The lowest BCUT2D eigenvalue weighted by Crippen LogP contribution is -2.32. The number of nitrogens with zero attached hydrogens (tertiary/aromatic N) is 3. The number of ether oxygens (including phenoxy) is 2. The van der Waals surface area contributed by atoms with Crippen molar-refractivity contribution in [1.29, 1.82) is 0 Å². The number of aryl methyl sites for hydroxylation is 2. The zero-order valence-corrected chi connectivity index (χ0v) is 18.5. The Morgan fingerprint density at radius 1 is 1.16 bits per heavy atom. The Balaban J connectivity index is 1.94. The number of benzene rings is 1. The van der Waals surface area contributed by atoms with Crippen LogP contribution in [0.15, 0.2) is 48.2 Å². The van der Waals surface area contributed by atoms with Gasteiger partial charge in [-0.25, -0.2) is 4.98 Å². The van der Waals surface area contributed by atoms with E-state index in [1.165, 1.54) is 12.0 Å². The molecule has 0 aliphatic carbocycles. The summed E-state index contributed by atoms with van der Waals surface area (Å²) in [6, 6.07) is 10.1. The molecule has 0 bridgehead atoms. The quantitative estimate of drug-likeness (QED) is 0.363. The van der Waals surface area contributed by atoms with Gasteiger partial charge in [0.1, 0.15) is 17.1 Å². The zero-order chi connectivity index (χ0) is 23.0. The molecule has 2 aromatic heterocycles. The fourth-order valence-electron chi connectivity index (χ4n) is 4.13. The number of hydrogen-bond acceptors (Lipinski definition) is 6. The van der Waals surface area contributed by atoms with Crippen molar-refractivity contribution in [2.75, 3.05) is 27.4 Å². The summed E-state index contributed by atoms with van der Waals surface area (Å²) in [6.07, 6.45) is 1.85. The fraction of sp³-hybridized carbons (Fsp3) is 0.292. The van der Waals surface area contributed by atoms with Crippen molar-refractivity contribution < 1.29 is 24.2 Å². The fourth-order valence-corrected chi connectivity index (χ4v) is 4.13. The van der Waals surface area contributed by atoms with Gasteiger partial charge in [0.25, 0.3) is 11.7 Å². The Bertz CT molecular complexity index is 1240. The Morgan fingerprint density at radius 2 is 1.94 bits per heavy atom. The molecule has 1 N–H and O–H groups in total. The highest BCUT2D eigenvalue weighted by atomic mass is 16.5. The van der Waals surface area contributed by atoms with Crippen molar-refractivity contribution in [3.8, 4) is 5.75 Å². The summed E-state index contributed by atoms with van der Waals surface area (Å²) in [5.74, 6) is -1.15. The molecule has 1 aromatic carbocycles. The molecule has 1 unspecified atom stereocenters. The Labute approximate surface area is 185 Å². The van der Waals surface area contributed by atoms with Crippen molar-refractivity contribution in [3.63, 3.8) is 0 Å². The lowest BCUT2D eigenvalue weighted by molar-refractivity contribution is -0.140. The van der Waals surface area contributed by atoms with Crippen LogP contribution in [-0.4, -0.2) is 58.5 Å². The molecule has 1 atom stereocenters. The SMILES string of the molecule is COCCN1C(=O)C(=O)C(=C(O)c2nc3c(C)cccn3c2C)C1c1cccc(OC)c1. The minimum atomic E-state index is -0.787. The van der Waals surface area contributed by atoms with Gasteiger partial charge in [0.15, 0.2) is 5.76 Å². The van der Waals surface area contributed by atoms with Crippen molar-refractivity contribution in [2.24, 2.45) is 0 Å². The summed E-state index contributed by atoms with van der Waals surface area (Å²) in [6.45, 7) is 4.19. The predicted molar refractivity (Wildman–Crippen MR) is 119 cm³/mol. The van der Waals surface area contributed by atoms with Gasteiger partial charge in [-0.15, -0.1) is 0 Å². The standard InChI is InChI=1S/C24H25N3O5/c1-14-7-6-10-26-15(2)19(25-23(14)26)21(28)18-20(16-8-5-9-17(13-16)32-4)27(11-12-31-3)24(30)22(18)29/h5-10,13,20,28H,11-12H2,1-4H3. The number of Topliss-reactive ketones (excluding diaryl/α,β-unsaturated/α-hetero) is 1. The third-order valence-electron chi connectivity index (χ3n) is 5.79. The average Bonchev–Trinajstić information content (AvgIpc) is 3.27. The van der Waals surface area contributed by atoms with Gasteiger partial charge < -0.3 is 23.9 Å². The third-order valence-corrected chi connectivity index (χ3v) is 5.79. The molecule has 0 spiro atoms. The number of carbonyl (C=O) groups is 2. The van der Waals surface area contributed by atoms with Crippen molar-refractivity contribution in [1.82, 2.24) is 14.3 Å². The molecule has 1 fully saturated rings. The molecule has 1 saturated heterocycles. The summed E-state index contributed by atoms with van der Waals surface area (Å²) >= 11 is 0. The smallest absolute Gasteiger partial charge is 0.295 e. The lowest BCUT2D eigenvalue weighted by atomic mass is 9.96. The number of likely N-dealkylation sites (tertiary alicyclic amines) is 1. The van der Waals surface area contributed by atoms with E-state index in [4.69, 9.17) is 9.47 Å². The first kappa shape index (κ1) is 21.6. The van der Waals surface area contributed by atoms with Gasteiger partial charge in [0.05, 0.1) is 31.0 Å².